The van der Waals surface area contributed by atoms with Gasteiger partial charge in [-0.05, 0) is 43.4 Å². The lowest BCUT2D eigenvalue weighted by atomic mass is 9.93. The number of hydrogen-bond donors (Lipinski definition) is 1. The highest BCUT2D eigenvalue weighted by Crippen LogP contribution is 2.33. The minimum atomic E-state index is -0.362. The Hall–Kier alpha value is -2.87. The molecule has 1 saturated heterocycles. The fraction of sp³-hybridized carbons (Fsp3) is 0.350. The lowest BCUT2D eigenvalue weighted by Gasteiger charge is -2.41. The molecule has 1 amide bonds. The number of H-pyrrole nitrogens is 1. The number of hydrogen-bond acceptors (Lipinski definition) is 3. The molecule has 1 fully saturated rings. The SMILES string of the molecule is Cc1[nH]c(=O)c(C#N)c(C)c1CCC(=O)N1CC[C@H]1c1ccccc1. The van der Waals surface area contributed by atoms with Crippen molar-refractivity contribution in [2.75, 3.05) is 6.54 Å². The summed E-state index contributed by atoms with van der Waals surface area (Å²) in [6.07, 6.45) is 1.90. The van der Waals surface area contributed by atoms with E-state index in [4.69, 9.17) is 5.26 Å². The molecular formula is C20H21N3O2. The van der Waals surface area contributed by atoms with Crippen molar-refractivity contribution in [1.82, 2.24) is 9.88 Å². The summed E-state index contributed by atoms with van der Waals surface area (Å²) in [5.74, 6) is 0.114. The Kier molecular flexibility index (Phi) is 4.71. The highest BCUT2D eigenvalue weighted by atomic mass is 16.2. The van der Waals surface area contributed by atoms with Crippen LogP contribution in [0.1, 0.15) is 46.8 Å². The molecule has 0 unspecified atom stereocenters. The minimum Gasteiger partial charge on any atom is -0.335 e. The predicted octanol–water partition coefficient (Wildman–Crippen LogP) is 2.77. The maximum absolute atomic E-state index is 12.6. The van der Waals surface area contributed by atoms with E-state index in [1.54, 1.807) is 6.92 Å². The van der Waals surface area contributed by atoms with E-state index in [1.165, 1.54) is 5.56 Å². The van der Waals surface area contributed by atoms with Crippen LogP contribution in [0.5, 0.6) is 0 Å². The van der Waals surface area contributed by atoms with Crippen molar-refractivity contribution in [2.24, 2.45) is 0 Å². The van der Waals surface area contributed by atoms with Crippen molar-refractivity contribution in [2.45, 2.75) is 39.2 Å². The fourth-order valence-electron chi connectivity index (χ4n) is 3.50. The summed E-state index contributed by atoms with van der Waals surface area (Å²) in [6, 6.07) is 12.2. The van der Waals surface area contributed by atoms with E-state index in [0.717, 1.165) is 24.2 Å². The van der Waals surface area contributed by atoms with Crippen LogP contribution in [0.4, 0.5) is 0 Å². The van der Waals surface area contributed by atoms with Gasteiger partial charge in [0.1, 0.15) is 11.6 Å². The summed E-state index contributed by atoms with van der Waals surface area (Å²) in [7, 11) is 0. The third-order valence-corrected chi connectivity index (χ3v) is 5.03. The summed E-state index contributed by atoms with van der Waals surface area (Å²) in [5.41, 5.74) is 3.25. The maximum Gasteiger partial charge on any atom is 0.266 e. The second-order valence-electron chi connectivity index (χ2n) is 6.47. The van der Waals surface area contributed by atoms with Crippen molar-refractivity contribution < 1.29 is 4.79 Å². The molecule has 0 aliphatic carbocycles. The molecule has 1 aromatic carbocycles. The van der Waals surface area contributed by atoms with E-state index >= 15 is 0 Å². The van der Waals surface area contributed by atoms with Crippen molar-refractivity contribution >= 4 is 5.91 Å². The van der Waals surface area contributed by atoms with Gasteiger partial charge in [-0.1, -0.05) is 30.3 Å². The molecule has 1 aliphatic rings. The van der Waals surface area contributed by atoms with Crippen LogP contribution in [-0.2, 0) is 11.2 Å². The highest BCUT2D eigenvalue weighted by Gasteiger charge is 2.32. The van der Waals surface area contributed by atoms with E-state index in [2.05, 4.69) is 17.1 Å². The second kappa shape index (κ2) is 6.94. The van der Waals surface area contributed by atoms with Crippen LogP contribution < -0.4 is 5.56 Å². The standard InChI is InChI=1S/C20H21N3O2/c1-13-16(14(2)22-20(25)17(13)12-21)8-9-19(24)23-11-10-18(23)15-6-4-3-5-7-15/h3-7,18H,8-11H2,1-2H3,(H,22,25)/t18-/m0/s1. The van der Waals surface area contributed by atoms with Crippen LogP contribution in [-0.4, -0.2) is 22.3 Å². The Balaban J connectivity index is 1.72. The number of nitrogens with zero attached hydrogens (tertiary/aromatic N) is 2. The first-order chi connectivity index (χ1) is 12.0. The summed E-state index contributed by atoms with van der Waals surface area (Å²) >= 11 is 0. The summed E-state index contributed by atoms with van der Waals surface area (Å²) in [6.45, 7) is 4.37. The molecule has 1 aliphatic heterocycles. The zero-order valence-electron chi connectivity index (χ0n) is 14.5. The first-order valence-corrected chi connectivity index (χ1v) is 8.49. The molecule has 3 rings (SSSR count). The number of carbonyl (C=O) groups is 1. The van der Waals surface area contributed by atoms with Gasteiger partial charge in [-0.2, -0.15) is 5.26 Å². The number of aryl methyl sites for hydroxylation is 1. The molecule has 0 saturated carbocycles. The van der Waals surface area contributed by atoms with E-state index in [0.29, 0.717) is 18.4 Å². The number of aromatic amines is 1. The summed E-state index contributed by atoms with van der Waals surface area (Å²) < 4.78 is 0. The molecule has 1 aromatic heterocycles. The Morgan fingerprint density at radius 1 is 1.32 bits per heavy atom. The van der Waals surface area contributed by atoms with Crippen LogP contribution in [0.2, 0.25) is 0 Å². The third kappa shape index (κ3) is 3.20. The Morgan fingerprint density at radius 3 is 2.64 bits per heavy atom. The van der Waals surface area contributed by atoms with Crippen molar-refractivity contribution in [3.05, 3.63) is 68.6 Å². The third-order valence-electron chi connectivity index (χ3n) is 5.03. The van der Waals surface area contributed by atoms with Gasteiger partial charge in [-0.3, -0.25) is 9.59 Å². The quantitative estimate of drug-likeness (QED) is 0.933. The number of carbonyl (C=O) groups excluding carboxylic acids is 1. The van der Waals surface area contributed by atoms with Crippen LogP contribution >= 0.6 is 0 Å². The first kappa shape index (κ1) is 17.0. The van der Waals surface area contributed by atoms with Gasteiger partial charge in [0, 0.05) is 18.7 Å². The van der Waals surface area contributed by atoms with Gasteiger partial charge in [-0.15, -0.1) is 0 Å². The number of nitriles is 1. The fourth-order valence-corrected chi connectivity index (χ4v) is 3.50. The Bertz CT molecular complexity index is 894. The zero-order chi connectivity index (χ0) is 18.0. The number of amides is 1. The predicted molar refractivity (Wildman–Crippen MR) is 95.1 cm³/mol. The van der Waals surface area contributed by atoms with Crippen molar-refractivity contribution in [3.63, 3.8) is 0 Å². The maximum atomic E-state index is 12.6. The lowest BCUT2D eigenvalue weighted by Crippen LogP contribution is -2.45. The molecule has 5 heteroatoms. The number of aromatic nitrogens is 1. The second-order valence-corrected chi connectivity index (χ2v) is 6.47. The Labute approximate surface area is 146 Å². The largest absolute Gasteiger partial charge is 0.335 e. The number of nitrogens with one attached hydrogen (secondary N) is 1. The van der Waals surface area contributed by atoms with Gasteiger partial charge in [0.25, 0.3) is 5.56 Å². The van der Waals surface area contributed by atoms with Gasteiger partial charge in [0.2, 0.25) is 5.91 Å². The summed E-state index contributed by atoms with van der Waals surface area (Å²) in [4.78, 5) is 29.0. The van der Waals surface area contributed by atoms with Crippen molar-refractivity contribution in [3.8, 4) is 6.07 Å². The normalized spacial score (nSPS) is 16.2. The van der Waals surface area contributed by atoms with E-state index in [1.807, 2.05) is 36.1 Å². The highest BCUT2D eigenvalue weighted by molar-refractivity contribution is 5.78. The molecule has 2 heterocycles. The van der Waals surface area contributed by atoms with Crippen molar-refractivity contribution in [1.29, 1.82) is 5.26 Å². The molecule has 0 spiro atoms. The number of rotatable bonds is 4. The first-order valence-electron chi connectivity index (χ1n) is 8.49. The van der Waals surface area contributed by atoms with E-state index in [-0.39, 0.29) is 23.1 Å². The van der Waals surface area contributed by atoms with Gasteiger partial charge in [0.15, 0.2) is 0 Å². The van der Waals surface area contributed by atoms with Crippen LogP contribution in [0.15, 0.2) is 35.1 Å². The number of pyridine rings is 1. The van der Waals surface area contributed by atoms with Crippen LogP contribution in [0.25, 0.3) is 0 Å². The minimum absolute atomic E-state index is 0.114. The molecule has 0 bridgehead atoms. The zero-order valence-corrected chi connectivity index (χ0v) is 14.5. The lowest BCUT2D eigenvalue weighted by molar-refractivity contribution is -0.139. The molecule has 0 radical (unpaired) electrons. The smallest absolute Gasteiger partial charge is 0.266 e. The number of likely N-dealkylation sites (tertiary alicyclic amines) is 1. The number of benzene rings is 1. The molecular weight excluding hydrogens is 314 g/mol. The summed E-state index contributed by atoms with van der Waals surface area (Å²) in [5, 5.41) is 9.14. The Morgan fingerprint density at radius 2 is 2.04 bits per heavy atom. The van der Waals surface area contributed by atoms with Crippen LogP contribution in [0.3, 0.4) is 0 Å². The monoisotopic (exact) mass is 335 g/mol. The average molecular weight is 335 g/mol. The molecule has 128 valence electrons. The molecule has 25 heavy (non-hydrogen) atoms. The van der Waals surface area contributed by atoms with Gasteiger partial charge < -0.3 is 9.88 Å². The van der Waals surface area contributed by atoms with Gasteiger partial charge >= 0.3 is 0 Å². The van der Waals surface area contributed by atoms with Crippen LogP contribution in [0, 0.1) is 25.2 Å². The average Bonchev–Trinajstić information content (AvgIpc) is 2.54. The molecule has 2 aromatic rings. The molecule has 5 nitrogen and oxygen atoms in total. The van der Waals surface area contributed by atoms with Gasteiger partial charge in [-0.25, -0.2) is 0 Å². The van der Waals surface area contributed by atoms with Gasteiger partial charge in [0.05, 0.1) is 6.04 Å². The van der Waals surface area contributed by atoms with E-state index < -0.39 is 0 Å². The topological polar surface area (TPSA) is 77.0 Å². The molecule has 1 N–H and O–H groups in total. The molecule has 1 atom stereocenters. The van der Waals surface area contributed by atoms with E-state index in [9.17, 15) is 9.59 Å².